The minimum Gasteiger partial charge on any atom is -0.454 e. The highest BCUT2D eigenvalue weighted by Crippen LogP contribution is 2.20. The zero-order valence-electron chi connectivity index (χ0n) is 23.7. The minimum absolute atomic E-state index is 0.0247. The fourth-order valence-corrected chi connectivity index (χ4v) is 4.70. The van der Waals surface area contributed by atoms with Crippen LogP contribution in [0.3, 0.4) is 0 Å². The fraction of sp³-hybridized carbons (Fsp3) is 0.300. The molecule has 0 radical (unpaired) electrons. The van der Waals surface area contributed by atoms with E-state index < -0.39 is 24.5 Å². The number of benzene rings is 2. The minimum atomic E-state index is -3.22. The van der Waals surface area contributed by atoms with Gasteiger partial charge < -0.3 is 15.0 Å². The number of pyridine rings is 1. The van der Waals surface area contributed by atoms with Crippen LogP contribution < -0.4 is 10.1 Å². The van der Waals surface area contributed by atoms with Crippen molar-refractivity contribution < 1.29 is 31.9 Å². The van der Waals surface area contributed by atoms with Crippen LogP contribution in [0.2, 0.25) is 0 Å². The zero-order valence-corrected chi connectivity index (χ0v) is 23.7. The summed E-state index contributed by atoms with van der Waals surface area (Å²) in [6, 6.07) is 15.0. The number of ether oxygens (including phenoxy) is 1. The molecule has 4 aromatic rings. The van der Waals surface area contributed by atoms with E-state index in [2.05, 4.69) is 30.2 Å². The Labute approximate surface area is 250 Å². The van der Waals surface area contributed by atoms with Gasteiger partial charge in [0, 0.05) is 44.6 Å². The van der Waals surface area contributed by atoms with Gasteiger partial charge in [-0.3, -0.25) is 19.5 Å². The largest absolute Gasteiger partial charge is 0.454 e. The molecule has 1 fully saturated rings. The van der Waals surface area contributed by atoms with Crippen LogP contribution in [-0.2, 0) is 13.1 Å². The number of rotatable bonds is 10. The molecule has 3 heterocycles. The van der Waals surface area contributed by atoms with Crippen LogP contribution in [0.4, 0.5) is 23.2 Å². The van der Waals surface area contributed by atoms with Gasteiger partial charge in [0.25, 0.3) is 18.2 Å². The van der Waals surface area contributed by atoms with E-state index in [9.17, 15) is 27.2 Å². The second-order valence-corrected chi connectivity index (χ2v) is 10.2. The summed E-state index contributed by atoms with van der Waals surface area (Å²) in [5.74, 6) is -1.02. The Kier molecular flexibility index (Phi) is 9.48. The number of hydrogen-bond acceptors (Lipinski definition) is 7. The van der Waals surface area contributed by atoms with Gasteiger partial charge in [0.15, 0.2) is 0 Å². The number of alkyl halides is 3. The average molecular weight is 612 g/mol. The van der Waals surface area contributed by atoms with Gasteiger partial charge in [-0.15, -0.1) is 5.10 Å². The van der Waals surface area contributed by atoms with Gasteiger partial charge in [0.05, 0.1) is 12.2 Å². The number of hydrogen-bond donors (Lipinski definition) is 1. The second kappa shape index (κ2) is 13.6. The summed E-state index contributed by atoms with van der Waals surface area (Å²) in [4.78, 5) is 34.1. The summed E-state index contributed by atoms with van der Waals surface area (Å²) in [6.07, 6.45) is -4.37. The standard InChI is InChI=1S/C30H29F4N7O3/c1-19-26(30(43)40-14-12-39(13-15-40)17-20-2-9-24(10-3-20)44-28(34)27(32)33)41(38-37-19)18-21-4-11-25(35-16-21)29(42)36-23-7-5-22(31)6-8-23/h2-11,16,27-28H,12-15,17-18H2,1H3,(H,36,42). The van der Waals surface area contributed by atoms with E-state index in [1.54, 1.807) is 36.1 Å². The quantitative estimate of drug-likeness (QED) is 0.267. The molecule has 0 aliphatic carbocycles. The van der Waals surface area contributed by atoms with E-state index in [4.69, 9.17) is 0 Å². The van der Waals surface area contributed by atoms with E-state index in [0.717, 1.165) is 5.56 Å². The molecule has 14 heteroatoms. The second-order valence-electron chi connectivity index (χ2n) is 10.2. The molecule has 1 saturated heterocycles. The first kappa shape index (κ1) is 30.6. The van der Waals surface area contributed by atoms with Crippen molar-refractivity contribution in [2.75, 3.05) is 31.5 Å². The van der Waals surface area contributed by atoms with Crippen molar-refractivity contribution in [2.45, 2.75) is 32.8 Å². The third kappa shape index (κ3) is 7.56. The molecule has 230 valence electrons. The van der Waals surface area contributed by atoms with Crippen molar-refractivity contribution in [3.8, 4) is 5.75 Å². The molecule has 1 aliphatic rings. The van der Waals surface area contributed by atoms with E-state index >= 15 is 0 Å². The van der Waals surface area contributed by atoms with Crippen LogP contribution in [-0.4, -0.2) is 80.6 Å². The first-order valence-corrected chi connectivity index (χ1v) is 13.8. The molecule has 2 aromatic carbocycles. The highest BCUT2D eigenvalue weighted by Gasteiger charge is 2.27. The molecule has 2 aromatic heterocycles. The molecular weight excluding hydrogens is 582 g/mol. The van der Waals surface area contributed by atoms with Gasteiger partial charge >= 0.3 is 6.43 Å². The van der Waals surface area contributed by atoms with Crippen molar-refractivity contribution >= 4 is 17.5 Å². The lowest BCUT2D eigenvalue weighted by Gasteiger charge is -2.34. The summed E-state index contributed by atoms with van der Waals surface area (Å²) >= 11 is 0. The number of halogens is 4. The molecule has 5 rings (SSSR count). The fourth-order valence-electron chi connectivity index (χ4n) is 4.70. The Morgan fingerprint density at radius 1 is 0.909 bits per heavy atom. The van der Waals surface area contributed by atoms with Crippen LogP contribution in [0.1, 0.15) is 37.8 Å². The maximum absolute atomic E-state index is 13.5. The summed E-state index contributed by atoms with van der Waals surface area (Å²) in [6.45, 7) is 4.66. The molecule has 1 aliphatic heterocycles. The molecule has 0 spiro atoms. The number of carbonyl (C=O) groups excluding carboxylic acids is 2. The summed E-state index contributed by atoms with van der Waals surface area (Å²) in [7, 11) is 0. The topological polar surface area (TPSA) is 105 Å². The number of anilines is 1. The van der Waals surface area contributed by atoms with Gasteiger partial charge in [0.2, 0.25) is 0 Å². The highest BCUT2D eigenvalue weighted by molar-refractivity contribution is 6.02. The van der Waals surface area contributed by atoms with Crippen molar-refractivity contribution in [1.82, 2.24) is 29.8 Å². The van der Waals surface area contributed by atoms with Crippen LogP contribution in [0.5, 0.6) is 5.75 Å². The van der Waals surface area contributed by atoms with Gasteiger partial charge in [-0.25, -0.2) is 17.9 Å². The molecule has 1 N–H and O–H groups in total. The third-order valence-electron chi connectivity index (χ3n) is 7.03. The molecule has 10 nitrogen and oxygen atoms in total. The molecule has 0 saturated carbocycles. The smallest absolute Gasteiger partial charge is 0.304 e. The molecule has 1 atom stereocenters. The maximum atomic E-state index is 13.5. The summed E-state index contributed by atoms with van der Waals surface area (Å²) in [5, 5.41) is 10.9. The number of carbonyl (C=O) groups is 2. The first-order chi connectivity index (χ1) is 21.2. The van der Waals surface area contributed by atoms with Crippen molar-refractivity contribution in [2.24, 2.45) is 0 Å². The highest BCUT2D eigenvalue weighted by atomic mass is 19.3. The van der Waals surface area contributed by atoms with Crippen LogP contribution >= 0.6 is 0 Å². The number of aryl methyl sites for hydroxylation is 1. The van der Waals surface area contributed by atoms with E-state index in [-0.39, 0.29) is 23.9 Å². The molecule has 44 heavy (non-hydrogen) atoms. The van der Waals surface area contributed by atoms with Crippen molar-refractivity contribution in [1.29, 1.82) is 0 Å². The van der Waals surface area contributed by atoms with Gasteiger partial charge in [0.1, 0.15) is 23.0 Å². The maximum Gasteiger partial charge on any atom is 0.304 e. The Morgan fingerprint density at radius 3 is 2.23 bits per heavy atom. The number of piperazine rings is 1. The monoisotopic (exact) mass is 611 g/mol. The van der Waals surface area contributed by atoms with Crippen molar-refractivity contribution in [3.05, 3.63) is 101 Å². The zero-order chi connectivity index (χ0) is 31.2. The lowest BCUT2D eigenvalue weighted by atomic mass is 10.2. The van der Waals surface area contributed by atoms with E-state index in [1.165, 1.54) is 47.3 Å². The average Bonchev–Trinajstić information content (AvgIpc) is 3.38. The summed E-state index contributed by atoms with van der Waals surface area (Å²) < 4.78 is 57.0. The van der Waals surface area contributed by atoms with E-state index in [0.29, 0.717) is 55.4 Å². The van der Waals surface area contributed by atoms with E-state index in [1.807, 2.05) is 0 Å². The number of nitrogens with zero attached hydrogens (tertiary/aromatic N) is 6. The molecule has 1 unspecified atom stereocenters. The third-order valence-corrected chi connectivity index (χ3v) is 7.03. The SMILES string of the molecule is Cc1nnn(Cc2ccc(C(=O)Nc3ccc(F)cc3)nc2)c1C(=O)N1CCN(Cc2ccc(OC(F)C(F)F)cc2)CC1. The Morgan fingerprint density at radius 2 is 1.59 bits per heavy atom. The molecular formula is C30H29F4N7O3. The lowest BCUT2D eigenvalue weighted by molar-refractivity contribution is -0.0669. The summed E-state index contributed by atoms with van der Waals surface area (Å²) in [5.41, 5.74) is 3.07. The normalized spacial score (nSPS) is 14.5. The molecule has 2 amide bonds. The first-order valence-electron chi connectivity index (χ1n) is 13.8. The van der Waals surface area contributed by atoms with Crippen LogP contribution in [0.15, 0.2) is 66.9 Å². The lowest BCUT2D eigenvalue weighted by Crippen LogP contribution is -2.48. The van der Waals surface area contributed by atoms with Gasteiger partial charge in [-0.05, 0) is 60.5 Å². The Balaban J connectivity index is 1.15. The van der Waals surface area contributed by atoms with Gasteiger partial charge in [-0.1, -0.05) is 23.4 Å². The Bertz CT molecular complexity index is 1570. The Hall–Kier alpha value is -4.85. The predicted octanol–water partition coefficient (Wildman–Crippen LogP) is 4.32. The van der Waals surface area contributed by atoms with Crippen LogP contribution in [0.25, 0.3) is 0 Å². The number of nitrogens with one attached hydrogen (secondary N) is 1. The van der Waals surface area contributed by atoms with Crippen molar-refractivity contribution in [3.63, 3.8) is 0 Å². The number of aromatic nitrogens is 4. The number of amides is 2. The van der Waals surface area contributed by atoms with Crippen LogP contribution in [0, 0.1) is 12.7 Å². The van der Waals surface area contributed by atoms with Gasteiger partial charge in [-0.2, -0.15) is 4.39 Å². The molecule has 0 bridgehead atoms. The predicted molar refractivity (Wildman–Crippen MR) is 152 cm³/mol.